The number of aliphatic hydroxyl groups is 2. The van der Waals surface area contributed by atoms with Gasteiger partial charge in [-0.3, -0.25) is 52.7 Å². The minimum atomic E-state index is -1.74. The number of hydrogen-bond donors (Lipinski definition) is 6. The first kappa shape index (κ1) is 77.8. The van der Waals surface area contributed by atoms with Crippen LogP contribution in [0.4, 0.5) is 0 Å². The molecule has 13 atom stereocenters. The Labute approximate surface area is 513 Å². The van der Waals surface area contributed by atoms with Crippen LogP contribution in [0.1, 0.15) is 150 Å². The summed E-state index contributed by atoms with van der Waals surface area (Å²) < 4.78 is 0. The SMILES string of the molecule is CC=CCC(C)C(O)[C@H]1C(=O)N[C@H](C(C)O)C(=O)N(C)CC(=O)N(C)[C@@H](CC(C)C)C(=O)N[C@H](C(C)C)C(=O)N(C)[C@@H](CC(C)C)C(=O)N[C@H](C)C(=O)N[C@H](C)C(=O)N(C)[C@@H](CC(C)C)C(=O)N(C)[C@@H](CC(C)C)C(=O)N(C)[C@H](C(C)C)C(=O)N1C. The highest BCUT2D eigenvalue weighted by Crippen LogP contribution is 2.26. The third-order valence-electron chi connectivity index (χ3n) is 16.1. The Hall–Kier alpha value is -6.17. The molecular weight excluding hydrogens is 1110 g/mol. The van der Waals surface area contributed by atoms with Gasteiger partial charge in [-0.05, 0) is 101 Å². The second kappa shape index (κ2) is 35.0. The molecule has 1 rings (SSSR count). The van der Waals surface area contributed by atoms with Crippen molar-refractivity contribution in [2.75, 3.05) is 55.9 Å². The number of aliphatic hydroxyl groups excluding tert-OH is 2. The van der Waals surface area contributed by atoms with E-state index in [0.717, 1.165) is 14.7 Å². The fourth-order valence-corrected chi connectivity index (χ4v) is 10.7. The fraction of sp³-hybridized carbons (Fsp3) is 0.790. The molecule has 1 fully saturated rings. The highest BCUT2D eigenvalue weighted by atomic mass is 16.3. The number of rotatable bonds is 15. The zero-order chi connectivity index (χ0) is 66.8. The fourth-order valence-electron chi connectivity index (χ4n) is 10.7. The molecule has 0 aromatic heterocycles. The molecule has 24 heteroatoms. The van der Waals surface area contributed by atoms with Gasteiger partial charge in [0.15, 0.2) is 0 Å². The topological polar surface area (TPSA) is 299 Å². The smallest absolute Gasteiger partial charge is 0.248 e. The highest BCUT2D eigenvalue weighted by Gasteiger charge is 2.46. The molecule has 0 spiro atoms. The Kier molecular flexibility index (Phi) is 31.7. The number of hydrogen-bond acceptors (Lipinski definition) is 13. The maximum Gasteiger partial charge on any atom is 0.248 e. The van der Waals surface area contributed by atoms with E-state index in [9.17, 15) is 53.4 Å². The standard InChI is InChI=1S/C62H111N11O13/c1-25-26-27-39(14)52(76)51-56(80)66-49(42(17)74)60(84)67(18)32-47(75)68(19)43(28-33(2)3)55(79)65-48(37(10)11)61(85)69(20)44(29-34(4)5)54(78)63-40(15)53(77)64-41(16)57(81)70(21)45(30-35(6)7)58(82)71(22)46(31-36(8)9)59(83)72(23)50(38(12)13)62(86)73(51)24/h25-26,33-46,48-52,74,76H,27-32H2,1-24H3,(H,63,78)(H,64,77)(H,65,79)(H,66,80)/t39?,40-,41-,42?,43+,44+,45+,46+,48-,49-,50-,51+,52?/m1/s1. The van der Waals surface area contributed by atoms with E-state index in [1.165, 1.54) is 89.7 Å². The van der Waals surface area contributed by atoms with Crippen LogP contribution in [-0.4, -0.2) is 238 Å². The third-order valence-corrected chi connectivity index (χ3v) is 16.1. The minimum Gasteiger partial charge on any atom is -0.391 e. The van der Waals surface area contributed by atoms with Crippen LogP contribution in [0.15, 0.2) is 12.2 Å². The molecule has 0 saturated carbocycles. The van der Waals surface area contributed by atoms with Crippen LogP contribution in [0, 0.1) is 41.4 Å². The van der Waals surface area contributed by atoms with Gasteiger partial charge in [-0.15, -0.1) is 0 Å². The van der Waals surface area contributed by atoms with Crippen molar-refractivity contribution in [1.29, 1.82) is 0 Å². The summed E-state index contributed by atoms with van der Waals surface area (Å²) in [5.41, 5.74) is 0. The average Bonchev–Trinajstić information content (AvgIpc) is 2.16. The molecule has 1 heterocycles. The Balaban J connectivity index is 4.37. The van der Waals surface area contributed by atoms with Gasteiger partial charge in [0.05, 0.1) is 18.8 Å². The monoisotopic (exact) mass is 1220 g/mol. The van der Waals surface area contributed by atoms with Gasteiger partial charge in [0.1, 0.15) is 60.4 Å². The summed E-state index contributed by atoms with van der Waals surface area (Å²) >= 11 is 0. The van der Waals surface area contributed by atoms with Crippen molar-refractivity contribution in [3.8, 4) is 0 Å². The lowest BCUT2D eigenvalue weighted by atomic mass is 9.91. The van der Waals surface area contributed by atoms with Gasteiger partial charge in [-0.1, -0.05) is 102 Å². The van der Waals surface area contributed by atoms with Gasteiger partial charge in [-0.25, -0.2) is 0 Å². The number of amides is 11. The Morgan fingerprint density at radius 1 is 0.430 bits per heavy atom. The molecule has 492 valence electrons. The van der Waals surface area contributed by atoms with Crippen molar-refractivity contribution < 1.29 is 63.0 Å². The first-order valence-corrected chi connectivity index (χ1v) is 30.6. The lowest BCUT2D eigenvalue weighted by Gasteiger charge is -2.41. The lowest BCUT2D eigenvalue weighted by Crippen LogP contribution is -2.64. The molecule has 3 unspecified atom stereocenters. The molecule has 0 radical (unpaired) electrons. The van der Waals surface area contributed by atoms with Crippen LogP contribution in [0.25, 0.3) is 0 Å². The van der Waals surface area contributed by atoms with E-state index in [4.69, 9.17) is 0 Å². The normalized spacial score (nSPS) is 27.1. The van der Waals surface area contributed by atoms with Gasteiger partial charge < -0.3 is 65.8 Å². The molecule has 1 saturated heterocycles. The van der Waals surface area contributed by atoms with Crippen molar-refractivity contribution in [1.82, 2.24) is 55.6 Å². The van der Waals surface area contributed by atoms with Crippen molar-refractivity contribution in [2.45, 2.75) is 222 Å². The van der Waals surface area contributed by atoms with E-state index in [1.54, 1.807) is 53.7 Å². The lowest BCUT2D eigenvalue weighted by molar-refractivity contribution is -0.157. The molecule has 6 N–H and O–H groups in total. The number of carbonyl (C=O) groups is 11. The van der Waals surface area contributed by atoms with Crippen LogP contribution < -0.4 is 21.3 Å². The number of carbonyl (C=O) groups excluding carboxylic acids is 11. The molecule has 0 bridgehead atoms. The van der Waals surface area contributed by atoms with E-state index < -0.39 is 162 Å². The minimum absolute atomic E-state index is 0.113. The van der Waals surface area contributed by atoms with E-state index >= 15 is 9.59 Å². The zero-order valence-electron chi connectivity index (χ0n) is 56.4. The summed E-state index contributed by atoms with van der Waals surface area (Å²) in [6, 6.07) is -13.2. The van der Waals surface area contributed by atoms with Crippen molar-refractivity contribution in [3.63, 3.8) is 0 Å². The van der Waals surface area contributed by atoms with Crippen molar-refractivity contribution in [3.05, 3.63) is 12.2 Å². The summed E-state index contributed by atoms with van der Waals surface area (Å²) in [5, 5.41) is 34.0. The first-order chi connectivity index (χ1) is 39.6. The first-order valence-electron chi connectivity index (χ1n) is 30.6. The molecule has 86 heavy (non-hydrogen) atoms. The highest BCUT2D eigenvalue weighted by molar-refractivity contribution is 5.99. The zero-order valence-corrected chi connectivity index (χ0v) is 56.4. The largest absolute Gasteiger partial charge is 0.391 e. The predicted octanol–water partition coefficient (Wildman–Crippen LogP) is 2.24. The number of nitrogens with zero attached hydrogens (tertiary/aromatic N) is 7. The quantitative estimate of drug-likeness (QED) is 0.129. The molecule has 1 aliphatic heterocycles. The summed E-state index contributed by atoms with van der Waals surface area (Å²) in [4.78, 5) is 168. The van der Waals surface area contributed by atoms with Crippen molar-refractivity contribution in [2.24, 2.45) is 41.4 Å². The predicted molar refractivity (Wildman–Crippen MR) is 330 cm³/mol. The van der Waals surface area contributed by atoms with Crippen LogP contribution >= 0.6 is 0 Å². The Morgan fingerprint density at radius 3 is 1.27 bits per heavy atom. The molecule has 11 amide bonds. The summed E-state index contributed by atoms with van der Waals surface area (Å²) in [6.07, 6.45) is 1.10. The number of likely N-dealkylation sites (N-methyl/N-ethyl adjacent to an activating group) is 7. The maximum atomic E-state index is 15.1. The van der Waals surface area contributed by atoms with Gasteiger partial charge in [0.25, 0.3) is 0 Å². The Morgan fingerprint density at radius 2 is 0.826 bits per heavy atom. The molecule has 1 aliphatic rings. The second-order valence-corrected chi connectivity index (χ2v) is 26.4. The molecule has 0 aromatic rings. The number of allylic oxidation sites excluding steroid dienone is 2. The van der Waals surface area contributed by atoms with Gasteiger partial charge in [0, 0.05) is 49.3 Å². The summed E-state index contributed by atoms with van der Waals surface area (Å²) in [5.74, 6) is -10.7. The third kappa shape index (κ3) is 21.6. The molecule has 24 nitrogen and oxygen atoms in total. The molecular formula is C62H111N11O13. The second-order valence-electron chi connectivity index (χ2n) is 26.4. The molecule has 0 aromatic carbocycles. The van der Waals surface area contributed by atoms with Crippen LogP contribution in [0.2, 0.25) is 0 Å². The van der Waals surface area contributed by atoms with E-state index in [0.29, 0.717) is 0 Å². The maximum absolute atomic E-state index is 15.1. The number of nitrogens with one attached hydrogen (secondary N) is 4. The van der Waals surface area contributed by atoms with Crippen LogP contribution in [-0.2, 0) is 52.7 Å². The summed E-state index contributed by atoms with van der Waals surface area (Å²) in [6.45, 7) is 28.5. The Bertz CT molecular complexity index is 2360. The van der Waals surface area contributed by atoms with Gasteiger partial charge >= 0.3 is 0 Å². The van der Waals surface area contributed by atoms with Gasteiger partial charge in [-0.2, -0.15) is 0 Å². The van der Waals surface area contributed by atoms with E-state index in [1.807, 2.05) is 55.4 Å². The van der Waals surface area contributed by atoms with Crippen LogP contribution in [0.5, 0.6) is 0 Å². The molecule has 0 aliphatic carbocycles. The van der Waals surface area contributed by atoms with Crippen molar-refractivity contribution >= 4 is 65.0 Å². The van der Waals surface area contributed by atoms with E-state index in [2.05, 4.69) is 21.3 Å². The average molecular weight is 1220 g/mol. The van der Waals surface area contributed by atoms with E-state index in [-0.39, 0.29) is 55.8 Å². The van der Waals surface area contributed by atoms with Gasteiger partial charge in [0.2, 0.25) is 65.0 Å². The summed E-state index contributed by atoms with van der Waals surface area (Å²) in [7, 11) is 9.62. The van der Waals surface area contributed by atoms with Crippen LogP contribution in [0.3, 0.4) is 0 Å².